The molecule has 1 aliphatic rings. The van der Waals surface area contributed by atoms with Gasteiger partial charge in [0.15, 0.2) is 11.5 Å². The van der Waals surface area contributed by atoms with E-state index < -0.39 is 0 Å². The Bertz CT molecular complexity index is 562. The van der Waals surface area contributed by atoms with Crippen LogP contribution in [0.3, 0.4) is 0 Å². The molecule has 108 valence electrons. The van der Waals surface area contributed by atoms with Gasteiger partial charge in [-0.1, -0.05) is 0 Å². The van der Waals surface area contributed by atoms with Gasteiger partial charge >= 0.3 is 0 Å². The molecule has 0 saturated carbocycles. The van der Waals surface area contributed by atoms with Gasteiger partial charge in [0, 0.05) is 32.1 Å². The highest BCUT2D eigenvalue weighted by Crippen LogP contribution is 2.19. The summed E-state index contributed by atoms with van der Waals surface area (Å²) in [4.78, 5) is 8.96. The molecular formula is C14H21N5O. The molecule has 1 aliphatic heterocycles. The van der Waals surface area contributed by atoms with E-state index in [9.17, 15) is 0 Å². The number of aromatic nitrogens is 3. The van der Waals surface area contributed by atoms with Crippen LogP contribution in [-0.4, -0.2) is 40.7 Å². The quantitative estimate of drug-likeness (QED) is 0.874. The molecule has 20 heavy (non-hydrogen) atoms. The minimum atomic E-state index is 0.559. The summed E-state index contributed by atoms with van der Waals surface area (Å²) in [6, 6.07) is 0. The predicted octanol–water partition coefficient (Wildman–Crippen LogP) is 2.00. The lowest BCUT2D eigenvalue weighted by molar-refractivity contribution is 0.0595. The molecule has 3 rings (SSSR count). The summed E-state index contributed by atoms with van der Waals surface area (Å²) < 4.78 is 7.50. The van der Waals surface area contributed by atoms with Crippen molar-refractivity contribution in [3.63, 3.8) is 0 Å². The molecule has 2 aromatic heterocycles. The summed E-state index contributed by atoms with van der Waals surface area (Å²) in [6.07, 6.45) is 8.05. The molecule has 2 N–H and O–H groups in total. The van der Waals surface area contributed by atoms with Crippen LogP contribution >= 0.6 is 0 Å². The van der Waals surface area contributed by atoms with Crippen molar-refractivity contribution in [2.45, 2.75) is 19.8 Å². The molecule has 0 radical (unpaired) electrons. The Morgan fingerprint density at radius 3 is 3.20 bits per heavy atom. The van der Waals surface area contributed by atoms with Gasteiger partial charge in [0.2, 0.25) is 0 Å². The van der Waals surface area contributed by atoms with Gasteiger partial charge in [0.1, 0.15) is 5.82 Å². The first-order valence-electron chi connectivity index (χ1n) is 7.26. The van der Waals surface area contributed by atoms with Gasteiger partial charge in [0.05, 0.1) is 12.8 Å². The molecule has 6 heteroatoms. The minimum absolute atomic E-state index is 0.559. The first-order valence-corrected chi connectivity index (χ1v) is 7.26. The van der Waals surface area contributed by atoms with Gasteiger partial charge < -0.3 is 19.8 Å². The predicted molar refractivity (Wildman–Crippen MR) is 79.2 cm³/mol. The molecule has 0 spiro atoms. The first-order chi connectivity index (χ1) is 9.86. The van der Waals surface area contributed by atoms with Gasteiger partial charge in [-0.3, -0.25) is 0 Å². The number of nitrogens with zero attached hydrogens (tertiary/aromatic N) is 3. The van der Waals surface area contributed by atoms with E-state index in [0.717, 1.165) is 50.0 Å². The van der Waals surface area contributed by atoms with Crippen molar-refractivity contribution in [2.75, 3.05) is 36.9 Å². The van der Waals surface area contributed by atoms with Gasteiger partial charge in [0.25, 0.3) is 0 Å². The Morgan fingerprint density at radius 1 is 1.45 bits per heavy atom. The molecule has 6 nitrogen and oxygen atoms in total. The fourth-order valence-electron chi connectivity index (χ4n) is 2.53. The normalized spacial score (nSPS) is 19.1. The number of hydrogen-bond donors (Lipinski definition) is 2. The van der Waals surface area contributed by atoms with Gasteiger partial charge in [-0.2, -0.15) is 0 Å². The molecule has 0 amide bonds. The highest BCUT2D eigenvalue weighted by atomic mass is 16.5. The molecule has 1 atom stereocenters. The summed E-state index contributed by atoms with van der Waals surface area (Å²) in [5.74, 6) is 2.25. The van der Waals surface area contributed by atoms with Crippen LogP contribution in [0.2, 0.25) is 0 Å². The van der Waals surface area contributed by atoms with Crippen LogP contribution < -0.4 is 10.6 Å². The molecule has 3 heterocycles. The van der Waals surface area contributed by atoms with Crippen LogP contribution in [0.25, 0.3) is 5.65 Å². The maximum absolute atomic E-state index is 5.51. The van der Waals surface area contributed by atoms with E-state index in [-0.39, 0.29) is 0 Å². The van der Waals surface area contributed by atoms with Crippen molar-refractivity contribution in [1.29, 1.82) is 0 Å². The van der Waals surface area contributed by atoms with Gasteiger partial charge in [-0.15, -0.1) is 0 Å². The second-order valence-electron chi connectivity index (χ2n) is 5.13. The fourth-order valence-corrected chi connectivity index (χ4v) is 2.53. The van der Waals surface area contributed by atoms with E-state index in [2.05, 4.69) is 27.5 Å². The first kappa shape index (κ1) is 13.2. The van der Waals surface area contributed by atoms with E-state index in [1.165, 1.54) is 6.42 Å². The average Bonchev–Trinajstić information content (AvgIpc) is 2.95. The van der Waals surface area contributed by atoms with Crippen LogP contribution in [0.15, 0.2) is 18.6 Å². The Morgan fingerprint density at radius 2 is 2.40 bits per heavy atom. The molecule has 0 bridgehead atoms. The number of hydrogen-bond acceptors (Lipinski definition) is 5. The van der Waals surface area contributed by atoms with Crippen molar-refractivity contribution >= 4 is 17.3 Å². The van der Waals surface area contributed by atoms with Crippen molar-refractivity contribution in [1.82, 2.24) is 14.4 Å². The Balaban J connectivity index is 1.76. The summed E-state index contributed by atoms with van der Waals surface area (Å²) >= 11 is 0. The topological polar surface area (TPSA) is 63.5 Å². The maximum atomic E-state index is 5.51. The summed E-state index contributed by atoms with van der Waals surface area (Å²) in [5.41, 5.74) is 0.864. The highest BCUT2D eigenvalue weighted by molar-refractivity contribution is 5.65. The van der Waals surface area contributed by atoms with Crippen molar-refractivity contribution < 1.29 is 4.74 Å². The molecule has 1 fully saturated rings. The molecule has 2 aromatic rings. The number of anilines is 2. The van der Waals surface area contributed by atoms with Crippen molar-refractivity contribution in [3.8, 4) is 0 Å². The van der Waals surface area contributed by atoms with Crippen LogP contribution in [0.1, 0.15) is 19.8 Å². The SMILES string of the molecule is CCNc1cn2ccnc2c(NCC2CCCOC2)n1. The second kappa shape index (κ2) is 6.09. The lowest BCUT2D eigenvalue weighted by Crippen LogP contribution is -2.24. The third-order valence-electron chi connectivity index (χ3n) is 3.54. The fraction of sp³-hybridized carbons (Fsp3) is 0.571. The van der Waals surface area contributed by atoms with Gasteiger partial charge in [-0.05, 0) is 25.7 Å². The minimum Gasteiger partial charge on any atom is -0.381 e. The Kier molecular flexibility index (Phi) is 4.01. The van der Waals surface area contributed by atoms with Crippen LogP contribution in [-0.2, 0) is 4.74 Å². The summed E-state index contributed by atoms with van der Waals surface area (Å²) in [5, 5.41) is 6.67. The smallest absolute Gasteiger partial charge is 0.180 e. The van der Waals surface area contributed by atoms with E-state index in [4.69, 9.17) is 4.74 Å². The van der Waals surface area contributed by atoms with Crippen molar-refractivity contribution in [2.24, 2.45) is 5.92 Å². The van der Waals surface area contributed by atoms with Crippen LogP contribution in [0.5, 0.6) is 0 Å². The molecule has 0 aliphatic carbocycles. The second-order valence-corrected chi connectivity index (χ2v) is 5.13. The number of rotatable bonds is 5. The van der Waals surface area contributed by atoms with Crippen LogP contribution in [0.4, 0.5) is 11.6 Å². The largest absolute Gasteiger partial charge is 0.381 e. The number of fused-ring (bicyclic) bond motifs is 1. The highest BCUT2D eigenvalue weighted by Gasteiger charge is 2.15. The number of imidazole rings is 1. The van der Waals surface area contributed by atoms with E-state index in [1.54, 1.807) is 6.20 Å². The lowest BCUT2D eigenvalue weighted by atomic mass is 10.0. The third-order valence-corrected chi connectivity index (χ3v) is 3.54. The summed E-state index contributed by atoms with van der Waals surface area (Å²) in [6.45, 7) is 5.53. The summed E-state index contributed by atoms with van der Waals surface area (Å²) in [7, 11) is 0. The molecule has 1 saturated heterocycles. The third kappa shape index (κ3) is 2.85. The lowest BCUT2D eigenvalue weighted by Gasteiger charge is -2.22. The van der Waals surface area contributed by atoms with E-state index >= 15 is 0 Å². The maximum Gasteiger partial charge on any atom is 0.180 e. The monoisotopic (exact) mass is 275 g/mol. The zero-order valence-corrected chi connectivity index (χ0v) is 11.8. The zero-order valence-electron chi connectivity index (χ0n) is 11.8. The standard InChI is InChI=1S/C14H21N5O/c1-2-15-12-9-19-6-5-16-14(19)13(18-12)17-8-11-4-3-7-20-10-11/h5-6,9,11,15H,2-4,7-8,10H2,1H3,(H,17,18). The molecule has 1 unspecified atom stereocenters. The number of ether oxygens (including phenoxy) is 1. The van der Waals surface area contributed by atoms with E-state index in [0.29, 0.717) is 5.92 Å². The Labute approximate surface area is 118 Å². The Hall–Kier alpha value is -1.82. The molecule has 0 aromatic carbocycles. The van der Waals surface area contributed by atoms with Gasteiger partial charge in [-0.25, -0.2) is 9.97 Å². The number of nitrogens with one attached hydrogen (secondary N) is 2. The molecular weight excluding hydrogens is 254 g/mol. The zero-order chi connectivity index (χ0) is 13.8. The van der Waals surface area contributed by atoms with Crippen LogP contribution in [0, 0.1) is 5.92 Å². The van der Waals surface area contributed by atoms with Crippen molar-refractivity contribution in [3.05, 3.63) is 18.6 Å². The average molecular weight is 275 g/mol. The van der Waals surface area contributed by atoms with E-state index in [1.807, 2.05) is 16.8 Å².